The molecule has 7 rings (SSSR count). The number of phenolic OH excluding ortho intramolecular Hbond substituents is 2. The largest absolute Gasteiger partial charge is 0.508 e. The van der Waals surface area contributed by atoms with Crippen molar-refractivity contribution in [1.29, 1.82) is 0 Å². The van der Waals surface area contributed by atoms with Gasteiger partial charge in [0, 0.05) is 51.5 Å². The molecule has 49 heavy (non-hydrogen) atoms. The summed E-state index contributed by atoms with van der Waals surface area (Å²) >= 11 is 6.31. The van der Waals surface area contributed by atoms with Crippen molar-refractivity contribution < 1.29 is 33.7 Å². The second-order valence-electron chi connectivity index (χ2n) is 11.5. The molecule has 2 aliphatic heterocycles. The Kier molecular flexibility index (Phi) is 8.09. The molecule has 3 N–H and O–H groups in total. The minimum atomic E-state index is -1.39. The quantitative estimate of drug-likeness (QED) is 0.183. The molecule has 2 aliphatic rings. The zero-order valence-corrected chi connectivity index (χ0v) is 26.4. The van der Waals surface area contributed by atoms with Gasteiger partial charge in [-0.05, 0) is 66.7 Å². The third kappa shape index (κ3) is 5.66. The van der Waals surface area contributed by atoms with Gasteiger partial charge >= 0.3 is 5.97 Å². The Morgan fingerprint density at radius 2 is 1.53 bits per heavy atom. The van der Waals surface area contributed by atoms with Crippen LogP contribution in [0.4, 0.5) is 10.1 Å². The van der Waals surface area contributed by atoms with E-state index in [1.54, 1.807) is 72.8 Å². The molecule has 0 fully saturated rings. The smallest absolute Gasteiger partial charge is 0.340 e. The van der Waals surface area contributed by atoms with Crippen LogP contribution in [0.3, 0.4) is 0 Å². The number of esters is 1. The summed E-state index contributed by atoms with van der Waals surface area (Å²) in [6.07, 6.45) is 0. The van der Waals surface area contributed by atoms with Crippen LogP contribution in [-0.4, -0.2) is 53.3 Å². The molecular weight excluding hydrogens is 649 g/mol. The van der Waals surface area contributed by atoms with E-state index < -0.39 is 23.3 Å². The van der Waals surface area contributed by atoms with Crippen LogP contribution in [-0.2, 0) is 15.1 Å². The highest BCUT2D eigenvalue weighted by Crippen LogP contribution is 2.47. The summed E-state index contributed by atoms with van der Waals surface area (Å²) in [5.74, 6) is -1.89. The molecule has 2 amide bonds. The lowest BCUT2D eigenvalue weighted by Crippen LogP contribution is -2.39. The van der Waals surface area contributed by atoms with Gasteiger partial charge in [-0.1, -0.05) is 54.1 Å². The van der Waals surface area contributed by atoms with Crippen LogP contribution in [0.5, 0.6) is 11.5 Å². The van der Waals surface area contributed by atoms with E-state index in [4.69, 9.17) is 16.3 Å². The number of anilines is 1. The molecule has 0 atom stereocenters. The Balaban J connectivity index is 1.14. The van der Waals surface area contributed by atoms with E-state index in [1.807, 2.05) is 0 Å². The maximum Gasteiger partial charge on any atom is 0.340 e. The summed E-state index contributed by atoms with van der Waals surface area (Å²) in [4.78, 5) is 45.9. The zero-order valence-electron chi connectivity index (χ0n) is 25.7. The summed E-state index contributed by atoms with van der Waals surface area (Å²) < 4.78 is 20.9. The van der Waals surface area contributed by atoms with Crippen molar-refractivity contribution in [3.63, 3.8) is 0 Å². The van der Waals surface area contributed by atoms with Crippen molar-refractivity contribution >= 4 is 40.8 Å². The van der Waals surface area contributed by atoms with Crippen LogP contribution in [0.15, 0.2) is 114 Å². The zero-order chi connectivity index (χ0) is 34.3. The van der Waals surface area contributed by atoms with Crippen molar-refractivity contribution in [3.05, 3.63) is 159 Å². The lowest BCUT2D eigenvalue weighted by molar-refractivity contribution is -0.117. The summed E-state index contributed by atoms with van der Waals surface area (Å²) in [6, 6.07) is 28.3. The summed E-state index contributed by atoms with van der Waals surface area (Å²) in [6.45, 7) is -0.105. The van der Waals surface area contributed by atoms with Gasteiger partial charge in [0.05, 0.1) is 17.0 Å². The second-order valence-corrected chi connectivity index (χ2v) is 12.0. The topological polar surface area (TPSA) is 129 Å². The fourth-order valence-corrected chi connectivity index (χ4v) is 6.47. The molecule has 9 nitrogen and oxygen atoms in total. The van der Waals surface area contributed by atoms with Crippen molar-refractivity contribution in [3.8, 4) is 11.5 Å². The van der Waals surface area contributed by atoms with Crippen LogP contribution >= 0.6 is 11.6 Å². The Morgan fingerprint density at radius 3 is 2.20 bits per heavy atom. The number of amides is 2. The molecule has 5 aromatic rings. The van der Waals surface area contributed by atoms with Crippen LogP contribution in [0, 0.1) is 5.82 Å². The number of benzodiazepines with no additional fused rings is 1. The summed E-state index contributed by atoms with van der Waals surface area (Å²) in [5, 5.41) is 23.0. The van der Waals surface area contributed by atoms with Gasteiger partial charge in [0.15, 0.2) is 5.60 Å². The number of benzene rings is 5. The molecule has 0 saturated carbocycles. The molecule has 0 aliphatic carbocycles. The van der Waals surface area contributed by atoms with E-state index in [9.17, 15) is 29.0 Å². The minimum Gasteiger partial charge on any atom is -0.508 e. The Labute approximate surface area is 284 Å². The van der Waals surface area contributed by atoms with E-state index >= 15 is 0 Å². The Morgan fingerprint density at radius 1 is 0.857 bits per heavy atom. The molecule has 5 aromatic carbocycles. The number of aromatic hydroxyl groups is 2. The number of cyclic esters (lactones) is 1. The first-order chi connectivity index (χ1) is 23.7. The first-order valence-electron chi connectivity index (χ1n) is 15.3. The fourth-order valence-electron chi connectivity index (χ4n) is 6.30. The number of nitrogens with zero attached hydrogens (tertiary/aromatic N) is 2. The molecule has 0 spiro atoms. The van der Waals surface area contributed by atoms with Gasteiger partial charge in [-0.25, -0.2) is 9.18 Å². The molecule has 0 unspecified atom stereocenters. The number of ether oxygens (including phenoxy) is 1. The van der Waals surface area contributed by atoms with Crippen molar-refractivity contribution in [2.24, 2.45) is 4.99 Å². The minimum absolute atomic E-state index is 0.0355. The molecule has 0 aromatic heterocycles. The van der Waals surface area contributed by atoms with Crippen LogP contribution in [0.25, 0.3) is 0 Å². The number of carbonyl (C=O) groups excluding carboxylic acids is 3. The SMILES string of the molecule is O=C(NCCN1C(=O)CN=C(c2ccccc2F)c2cc(Cl)ccc21)c1ccc2c(c1)C(=O)OC2(c1ccc(O)cc1)c1ccc(O)cc1. The average molecular weight is 676 g/mol. The van der Waals surface area contributed by atoms with Crippen LogP contribution in [0.1, 0.15) is 48.5 Å². The number of phenols is 2. The third-order valence-corrected chi connectivity index (χ3v) is 8.84. The third-order valence-electron chi connectivity index (χ3n) is 8.60. The number of aliphatic imine (C=N–C) groups is 1. The van der Waals surface area contributed by atoms with Gasteiger partial charge in [0.1, 0.15) is 23.9 Å². The number of carbonyl (C=O) groups is 3. The molecule has 0 saturated heterocycles. The van der Waals surface area contributed by atoms with Crippen molar-refractivity contribution in [2.45, 2.75) is 5.60 Å². The lowest BCUT2D eigenvalue weighted by atomic mass is 9.79. The number of hydrogen-bond donors (Lipinski definition) is 3. The normalized spacial score (nSPS) is 14.7. The molecular formula is C38H27ClFN3O6. The van der Waals surface area contributed by atoms with Gasteiger partial charge in [-0.3, -0.25) is 14.6 Å². The summed E-state index contributed by atoms with van der Waals surface area (Å²) in [5.41, 5.74) is 2.10. The standard InChI is InChI=1S/C38H27ClFN3O6/c39-25-10-16-33-30(20-25)35(28-3-1-2-4-32(28)40)42-21-34(46)43(33)18-17-41-36(47)22-5-15-31-29(19-22)37(48)49-38(31,23-6-11-26(44)12-7-23)24-8-13-27(45)14-9-24/h1-16,19-20,44-45H,17-18,21H2,(H,41,47). The number of hydrogen-bond acceptors (Lipinski definition) is 7. The van der Waals surface area contributed by atoms with E-state index in [0.717, 1.165) is 0 Å². The fraction of sp³-hybridized carbons (Fsp3) is 0.105. The maximum absolute atomic E-state index is 14.8. The highest BCUT2D eigenvalue weighted by atomic mass is 35.5. The lowest BCUT2D eigenvalue weighted by Gasteiger charge is -2.30. The number of halogens is 2. The van der Waals surface area contributed by atoms with E-state index in [2.05, 4.69) is 10.3 Å². The van der Waals surface area contributed by atoms with Gasteiger partial charge in [-0.2, -0.15) is 0 Å². The number of fused-ring (bicyclic) bond motifs is 2. The molecule has 2 heterocycles. The van der Waals surface area contributed by atoms with E-state index in [-0.39, 0.29) is 53.7 Å². The van der Waals surface area contributed by atoms with Gasteiger partial charge in [0.25, 0.3) is 5.91 Å². The highest BCUT2D eigenvalue weighted by molar-refractivity contribution is 6.32. The van der Waals surface area contributed by atoms with Crippen molar-refractivity contribution in [1.82, 2.24) is 5.32 Å². The van der Waals surface area contributed by atoms with Gasteiger partial charge < -0.3 is 25.2 Å². The second kappa shape index (κ2) is 12.6. The van der Waals surface area contributed by atoms with Crippen molar-refractivity contribution in [2.75, 3.05) is 24.5 Å². The Bertz CT molecular complexity index is 2120. The van der Waals surface area contributed by atoms with E-state index in [1.165, 1.54) is 41.3 Å². The van der Waals surface area contributed by atoms with Crippen LogP contribution in [0.2, 0.25) is 5.02 Å². The van der Waals surface area contributed by atoms with Gasteiger partial charge in [-0.15, -0.1) is 0 Å². The van der Waals surface area contributed by atoms with Crippen LogP contribution < -0.4 is 10.2 Å². The average Bonchev–Trinajstić information content (AvgIpc) is 3.32. The molecule has 0 radical (unpaired) electrons. The summed E-state index contributed by atoms with van der Waals surface area (Å²) in [7, 11) is 0. The maximum atomic E-state index is 14.8. The number of rotatable bonds is 7. The monoisotopic (exact) mass is 675 g/mol. The highest BCUT2D eigenvalue weighted by Gasteiger charge is 2.48. The molecule has 0 bridgehead atoms. The predicted octanol–water partition coefficient (Wildman–Crippen LogP) is 5.97. The number of nitrogens with one attached hydrogen (secondary N) is 1. The molecule has 11 heteroatoms. The van der Waals surface area contributed by atoms with E-state index in [0.29, 0.717) is 38.7 Å². The first kappa shape index (κ1) is 31.6. The first-order valence-corrected chi connectivity index (χ1v) is 15.7. The van der Waals surface area contributed by atoms with Gasteiger partial charge in [0.2, 0.25) is 5.91 Å². The predicted molar refractivity (Wildman–Crippen MR) is 181 cm³/mol. The Hall–Kier alpha value is -6.00. The molecule has 244 valence electrons.